The van der Waals surface area contributed by atoms with Gasteiger partial charge in [0.2, 0.25) is 0 Å². The third-order valence-electron chi connectivity index (χ3n) is 3.72. The van der Waals surface area contributed by atoms with E-state index in [0.717, 1.165) is 21.9 Å². The zero-order valence-corrected chi connectivity index (χ0v) is 16.1. The molecule has 0 radical (unpaired) electrons. The lowest BCUT2D eigenvalue weighted by atomic mass is 10.2. The van der Waals surface area contributed by atoms with Crippen molar-refractivity contribution in [3.8, 4) is 5.75 Å². The van der Waals surface area contributed by atoms with Gasteiger partial charge in [-0.15, -0.1) is 0 Å². The third-order valence-corrected chi connectivity index (χ3v) is 5.05. The van der Waals surface area contributed by atoms with Crippen LogP contribution >= 0.6 is 24.0 Å². The molecule has 2 N–H and O–H groups in total. The van der Waals surface area contributed by atoms with Gasteiger partial charge in [-0.25, -0.2) is 0 Å². The van der Waals surface area contributed by atoms with E-state index in [-0.39, 0.29) is 0 Å². The predicted molar refractivity (Wildman–Crippen MR) is 113 cm³/mol. The Morgan fingerprint density at radius 3 is 2.35 bits per heavy atom. The van der Waals surface area contributed by atoms with Crippen LogP contribution in [-0.4, -0.2) is 12.2 Å². The first kappa shape index (κ1) is 18.3. The van der Waals surface area contributed by atoms with Crippen LogP contribution in [0.4, 0.5) is 5.69 Å². The number of hydrogen-bond donors (Lipinski definition) is 2. The largest absolute Gasteiger partial charge is 0.497 e. The molecule has 0 heterocycles. The van der Waals surface area contributed by atoms with E-state index in [1.165, 1.54) is 4.90 Å². The lowest BCUT2D eigenvalue weighted by Crippen LogP contribution is -2.28. The number of ether oxygens (including phenoxy) is 1. The standard InChI is InChI=1S/C21H20N2OS2/c1-24-17-13-11-16(12-14-17)15-22-21(25)23-19-9-5-6-10-20(19)26-18-7-3-2-4-8-18/h2-14H,15H2,1H3,(H2,22,23,25). The topological polar surface area (TPSA) is 33.3 Å². The zero-order valence-electron chi connectivity index (χ0n) is 14.4. The van der Waals surface area contributed by atoms with E-state index in [1.807, 2.05) is 60.7 Å². The summed E-state index contributed by atoms with van der Waals surface area (Å²) in [5.74, 6) is 0.848. The minimum atomic E-state index is 0.599. The van der Waals surface area contributed by atoms with Crippen molar-refractivity contribution >= 4 is 34.8 Å². The van der Waals surface area contributed by atoms with Crippen molar-refractivity contribution in [2.45, 2.75) is 16.3 Å². The minimum absolute atomic E-state index is 0.599. The molecule has 0 aliphatic heterocycles. The second kappa shape index (κ2) is 9.27. The van der Waals surface area contributed by atoms with Crippen molar-refractivity contribution < 1.29 is 4.74 Å². The van der Waals surface area contributed by atoms with E-state index in [1.54, 1.807) is 18.9 Å². The Morgan fingerprint density at radius 2 is 1.62 bits per heavy atom. The van der Waals surface area contributed by atoms with E-state index >= 15 is 0 Å². The van der Waals surface area contributed by atoms with Crippen molar-refractivity contribution in [2.75, 3.05) is 12.4 Å². The first-order valence-electron chi connectivity index (χ1n) is 8.24. The van der Waals surface area contributed by atoms with Gasteiger partial charge in [0.25, 0.3) is 0 Å². The van der Waals surface area contributed by atoms with Crippen LogP contribution < -0.4 is 15.4 Å². The number of rotatable bonds is 6. The van der Waals surface area contributed by atoms with Gasteiger partial charge < -0.3 is 15.4 Å². The second-order valence-electron chi connectivity index (χ2n) is 5.57. The van der Waals surface area contributed by atoms with Gasteiger partial charge in [0.1, 0.15) is 5.75 Å². The van der Waals surface area contributed by atoms with Gasteiger partial charge in [-0.3, -0.25) is 0 Å². The number of nitrogens with one attached hydrogen (secondary N) is 2. The van der Waals surface area contributed by atoms with Gasteiger partial charge >= 0.3 is 0 Å². The summed E-state index contributed by atoms with van der Waals surface area (Å²) >= 11 is 7.16. The van der Waals surface area contributed by atoms with Crippen molar-refractivity contribution in [3.05, 3.63) is 84.4 Å². The number of anilines is 1. The molecule has 3 rings (SSSR count). The predicted octanol–water partition coefficient (Wildman–Crippen LogP) is 5.33. The van der Waals surface area contributed by atoms with Gasteiger partial charge in [0.05, 0.1) is 12.8 Å². The zero-order chi connectivity index (χ0) is 18.2. The maximum Gasteiger partial charge on any atom is 0.171 e. The van der Waals surface area contributed by atoms with E-state index in [2.05, 4.69) is 28.8 Å². The van der Waals surface area contributed by atoms with Gasteiger partial charge in [-0.1, -0.05) is 54.2 Å². The molecule has 5 heteroatoms. The Balaban J connectivity index is 1.60. The summed E-state index contributed by atoms with van der Waals surface area (Å²) < 4.78 is 5.17. The summed E-state index contributed by atoms with van der Waals surface area (Å²) in [6.45, 7) is 0.657. The van der Waals surface area contributed by atoms with Crippen LogP contribution in [0.5, 0.6) is 5.75 Å². The van der Waals surface area contributed by atoms with Crippen LogP contribution in [0.2, 0.25) is 0 Å². The fourth-order valence-electron chi connectivity index (χ4n) is 2.37. The fourth-order valence-corrected chi connectivity index (χ4v) is 3.47. The normalized spacial score (nSPS) is 10.2. The molecule has 0 atom stereocenters. The SMILES string of the molecule is COc1ccc(CNC(=S)Nc2ccccc2Sc2ccccc2)cc1. The number of para-hydroxylation sites is 1. The second-order valence-corrected chi connectivity index (χ2v) is 7.09. The molecule has 132 valence electrons. The summed E-state index contributed by atoms with van der Waals surface area (Å²) in [6.07, 6.45) is 0. The highest BCUT2D eigenvalue weighted by atomic mass is 32.2. The summed E-state index contributed by atoms with van der Waals surface area (Å²) in [6, 6.07) is 26.4. The highest BCUT2D eigenvalue weighted by molar-refractivity contribution is 7.99. The Labute approximate surface area is 163 Å². The molecule has 0 saturated heterocycles. The van der Waals surface area contributed by atoms with Gasteiger partial charge in [0.15, 0.2) is 5.11 Å². The average Bonchev–Trinajstić information content (AvgIpc) is 2.69. The van der Waals surface area contributed by atoms with Crippen LogP contribution in [0.25, 0.3) is 0 Å². The molecule has 0 fully saturated rings. The molecule has 0 bridgehead atoms. The Bertz CT molecular complexity index is 851. The molecule has 3 aromatic carbocycles. The number of thiocarbonyl (C=S) groups is 1. The first-order valence-corrected chi connectivity index (χ1v) is 9.47. The molecule has 0 spiro atoms. The smallest absolute Gasteiger partial charge is 0.171 e. The van der Waals surface area contributed by atoms with Crippen LogP contribution in [-0.2, 0) is 6.54 Å². The molecule has 3 aromatic rings. The summed E-state index contributed by atoms with van der Waals surface area (Å²) in [5.41, 5.74) is 2.13. The van der Waals surface area contributed by atoms with Crippen molar-refractivity contribution in [3.63, 3.8) is 0 Å². The lowest BCUT2D eigenvalue weighted by molar-refractivity contribution is 0.414. The molecular weight excluding hydrogens is 360 g/mol. The van der Waals surface area contributed by atoms with E-state index in [4.69, 9.17) is 17.0 Å². The molecule has 0 amide bonds. The van der Waals surface area contributed by atoms with Gasteiger partial charge in [0, 0.05) is 16.3 Å². The van der Waals surface area contributed by atoms with Crippen LogP contribution in [0, 0.1) is 0 Å². The summed E-state index contributed by atoms with van der Waals surface area (Å²) in [5, 5.41) is 7.14. The quantitative estimate of drug-likeness (QED) is 0.565. The van der Waals surface area contributed by atoms with E-state index in [9.17, 15) is 0 Å². The fraction of sp³-hybridized carbons (Fsp3) is 0.0952. The molecular formula is C21H20N2OS2. The molecule has 0 aliphatic carbocycles. The average molecular weight is 381 g/mol. The molecule has 0 unspecified atom stereocenters. The van der Waals surface area contributed by atoms with Gasteiger partial charge in [-0.05, 0) is 54.2 Å². The van der Waals surface area contributed by atoms with Crippen molar-refractivity contribution in [1.82, 2.24) is 5.32 Å². The van der Waals surface area contributed by atoms with Crippen LogP contribution in [0.1, 0.15) is 5.56 Å². The van der Waals surface area contributed by atoms with Gasteiger partial charge in [-0.2, -0.15) is 0 Å². The maximum absolute atomic E-state index is 5.45. The summed E-state index contributed by atoms with van der Waals surface area (Å²) in [4.78, 5) is 2.33. The Kier molecular flexibility index (Phi) is 6.52. The number of hydrogen-bond acceptors (Lipinski definition) is 3. The lowest BCUT2D eigenvalue weighted by Gasteiger charge is -2.14. The monoisotopic (exact) mass is 380 g/mol. The van der Waals surface area contributed by atoms with Crippen molar-refractivity contribution in [1.29, 1.82) is 0 Å². The number of benzene rings is 3. The Hall–Kier alpha value is -2.50. The molecule has 0 aromatic heterocycles. The third kappa shape index (κ3) is 5.25. The molecule has 0 aliphatic rings. The van der Waals surface area contributed by atoms with E-state index in [0.29, 0.717) is 11.7 Å². The molecule has 3 nitrogen and oxygen atoms in total. The highest BCUT2D eigenvalue weighted by Crippen LogP contribution is 2.33. The Morgan fingerprint density at radius 1 is 0.923 bits per heavy atom. The van der Waals surface area contributed by atoms with E-state index < -0.39 is 0 Å². The summed E-state index contributed by atoms with van der Waals surface area (Å²) in [7, 11) is 1.66. The number of methoxy groups -OCH3 is 1. The van der Waals surface area contributed by atoms with Crippen molar-refractivity contribution in [2.24, 2.45) is 0 Å². The minimum Gasteiger partial charge on any atom is -0.497 e. The molecule has 26 heavy (non-hydrogen) atoms. The van der Waals surface area contributed by atoms with Crippen LogP contribution in [0.15, 0.2) is 88.7 Å². The van der Waals surface area contributed by atoms with Crippen LogP contribution in [0.3, 0.4) is 0 Å². The maximum atomic E-state index is 5.45. The highest BCUT2D eigenvalue weighted by Gasteiger charge is 2.06. The first-order chi connectivity index (χ1) is 12.7. The molecule has 0 saturated carbocycles.